The SMILES string of the molecule is COc1ccc(C2CCN(C(=O)c3cccc(C(=O)O)c3)C2)cc1. The smallest absolute Gasteiger partial charge is 0.335 e. The van der Waals surface area contributed by atoms with Gasteiger partial charge in [0.1, 0.15) is 5.75 Å². The molecule has 0 saturated carbocycles. The lowest BCUT2D eigenvalue weighted by Crippen LogP contribution is -2.28. The Balaban J connectivity index is 1.71. The number of carbonyl (C=O) groups is 2. The second-order valence-corrected chi connectivity index (χ2v) is 5.90. The third kappa shape index (κ3) is 3.25. The number of likely N-dealkylation sites (tertiary alicyclic amines) is 1. The van der Waals surface area contributed by atoms with Crippen molar-refractivity contribution < 1.29 is 19.4 Å². The molecule has 2 aromatic carbocycles. The monoisotopic (exact) mass is 325 g/mol. The molecular formula is C19H19NO4. The first kappa shape index (κ1) is 16.1. The largest absolute Gasteiger partial charge is 0.497 e. The lowest BCUT2D eigenvalue weighted by molar-refractivity contribution is 0.0697. The van der Waals surface area contributed by atoms with E-state index in [1.165, 1.54) is 17.7 Å². The molecule has 0 radical (unpaired) electrons. The van der Waals surface area contributed by atoms with Gasteiger partial charge in [0.2, 0.25) is 0 Å². The van der Waals surface area contributed by atoms with Gasteiger partial charge in [-0.1, -0.05) is 18.2 Å². The van der Waals surface area contributed by atoms with Crippen LogP contribution >= 0.6 is 0 Å². The van der Waals surface area contributed by atoms with E-state index in [4.69, 9.17) is 9.84 Å². The first-order chi connectivity index (χ1) is 11.6. The summed E-state index contributed by atoms with van der Waals surface area (Å²) in [4.78, 5) is 25.5. The normalized spacial score (nSPS) is 16.9. The molecule has 5 heteroatoms. The van der Waals surface area contributed by atoms with Crippen LogP contribution in [0.4, 0.5) is 0 Å². The number of nitrogens with zero attached hydrogens (tertiary/aromatic N) is 1. The van der Waals surface area contributed by atoms with Crippen molar-refractivity contribution in [3.05, 3.63) is 65.2 Å². The third-order valence-electron chi connectivity index (χ3n) is 4.42. The van der Waals surface area contributed by atoms with Crippen LogP contribution in [0.2, 0.25) is 0 Å². The van der Waals surface area contributed by atoms with Crippen LogP contribution in [0.15, 0.2) is 48.5 Å². The summed E-state index contributed by atoms with van der Waals surface area (Å²) in [5.41, 5.74) is 1.74. The number of aromatic carboxylic acids is 1. The van der Waals surface area contributed by atoms with Crippen LogP contribution < -0.4 is 4.74 Å². The molecule has 0 aliphatic carbocycles. The van der Waals surface area contributed by atoms with E-state index in [2.05, 4.69) is 0 Å². The zero-order chi connectivity index (χ0) is 17.1. The van der Waals surface area contributed by atoms with E-state index >= 15 is 0 Å². The molecule has 0 spiro atoms. The first-order valence-corrected chi connectivity index (χ1v) is 7.85. The zero-order valence-corrected chi connectivity index (χ0v) is 13.4. The lowest BCUT2D eigenvalue weighted by Gasteiger charge is -2.17. The van der Waals surface area contributed by atoms with Crippen molar-refractivity contribution >= 4 is 11.9 Å². The molecule has 24 heavy (non-hydrogen) atoms. The summed E-state index contributed by atoms with van der Waals surface area (Å²) < 4.78 is 5.17. The summed E-state index contributed by atoms with van der Waals surface area (Å²) in [6.07, 6.45) is 0.899. The van der Waals surface area contributed by atoms with Crippen molar-refractivity contribution in [3.8, 4) is 5.75 Å². The van der Waals surface area contributed by atoms with E-state index in [0.29, 0.717) is 24.6 Å². The maximum Gasteiger partial charge on any atom is 0.335 e. The number of carboxylic acid groups (broad SMARTS) is 1. The Hall–Kier alpha value is -2.82. The van der Waals surface area contributed by atoms with Gasteiger partial charge in [0.05, 0.1) is 12.7 Å². The first-order valence-electron chi connectivity index (χ1n) is 7.85. The third-order valence-corrected chi connectivity index (χ3v) is 4.42. The summed E-state index contributed by atoms with van der Waals surface area (Å²) in [5, 5.41) is 9.05. The van der Waals surface area contributed by atoms with Crippen LogP contribution in [-0.4, -0.2) is 42.1 Å². The number of ether oxygens (including phenoxy) is 1. The molecule has 1 aliphatic rings. The Bertz CT molecular complexity index is 754. The van der Waals surface area contributed by atoms with Crippen LogP contribution in [0.3, 0.4) is 0 Å². The van der Waals surface area contributed by atoms with E-state index in [1.54, 1.807) is 24.1 Å². The van der Waals surface area contributed by atoms with Crippen molar-refractivity contribution in [2.75, 3.05) is 20.2 Å². The van der Waals surface area contributed by atoms with E-state index in [1.807, 2.05) is 24.3 Å². The summed E-state index contributed by atoms with van der Waals surface area (Å²) >= 11 is 0. The average Bonchev–Trinajstić information content (AvgIpc) is 3.11. The van der Waals surface area contributed by atoms with E-state index in [0.717, 1.165) is 12.2 Å². The second kappa shape index (κ2) is 6.74. The Labute approximate surface area is 140 Å². The Kier molecular flexibility index (Phi) is 4.51. The molecule has 1 amide bonds. The fourth-order valence-electron chi connectivity index (χ4n) is 3.06. The molecule has 0 bridgehead atoms. The Morgan fingerprint density at radius 2 is 1.83 bits per heavy atom. The van der Waals surface area contributed by atoms with Crippen molar-refractivity contribution in [1.29, 1.82) is 0 Å². The molecule has 1 unspecified atom stereocenters. The molecule has 0 aromatic heterocycles. The van der Waals surface area contributed by atoms with Gasteiger partial charge in [0, 0.05) is 24.6 Å². The second-order valence-electron chi connectivity index (χ2n) is 5.90. The van der Waals surface area contributed by atoms with Gasteiger partial charge in [-0.2, -0.15) is 0 Å². The van der Waals surface area contributed by atoms with Crippen LogP contribution in [0.5, 0.6) is 5.75 Å². The highest BCUT2D eigenvalue weighted by Crippen LogP contribution is 2.29. The molecule has 3 rings (SSSR count). The van der Waals surface area contributed by atoms with Crippen LogP contribution in [0.25, 0.3) is 0 Å². The number of benzene rings is 2. The summed E-state index contributed by atoms with van der Waals surface area (Å²) in [5.74, 6) is -0.0334. The quantitative estimate of drug-likeness (QED) is 0.938. The van der Waals surface area contributed by atoms with Crippen molar-refractivity contribution in [1.82, 2.24) is 4.90 Å². The number of amides is 1. The number of carboxylic acids is 1. The van der Waals surface area contributed by atoms with Crippen LogP contribution in [0, 0.1) is 0 Å². The fraction of sp³-hybridized carbons (Fsp3) is 0.263. The number of rotatable bonds is 4. The molecule has 1 aliphatic heterocycles. The molecule has 1 heterocycles. The summed E-state index contributed by atoms with van der Waals surface area (Å²) in [7, 11) is 1.64. The van der Waals surface area contributed by atoms with Gasteiger partial charge in [-0.05, 0) is 42.3 Å². The predicted octanol–water partition coefficient (Wildman–Crippen LogP) is 3.02. The fourth-order valence-corrected chi connectivity index (χ4v) is 3.06. The predicted molar refractivity (Wildman–Crippen MR) is 89.7 cm³/mol. The maximum absolute atomic E-state index is 12.6. The van der Waals surface area contributed by atoms with Gasteiger partial charge in [-0.25, -0.2) is 4.79 Å². The summed E-state index contributed by atoms with van der Waals surface area (Å²) in [6, 6.07) is 14.1. The van der Waals surface area contributed by atoms with Gasteiger partial charge in [-0.3, -0.25) is 4.79 Å². The molecule has 1 fully saturated rings. The van der Waals surface area contributed by atoms with Crippen LogP contribution in [-0.2, 0) is 0 Å². The minimum Gasteiger partial charge on any atom is -0.497 e. The van der Waals surface area contributed by atoms with Gasteiger partial charge in [0.25, 0.3) is 5.91 Å². The van der Waals surface area contributed by atoms with Gasteiger partial charge < -0.3 is 14.7 Å². The summed E-state index contributed by atoms with van der Waals surface area (Å²) in [6.45, 7) is 1.31. The molecule has 1 saturated heterocycles. The van der Waals surface area contributed by atoms with E-state index in [9.17, 15) is 9.59 Å². The maximum atomic E-state index is 12.6. The minimum atomic E-state index is -1.03. The van der Waals surface area contributed by atoms with E-state index < -0.39 is 5.97 Å². The van der Waals surface area contributed by atoms with E-state index in [-0.39, 0.29) is 11.5 Å². The van der Waals surface area contributed by atoms with Gasteiger partial charge >= 0.3 is 5.97 Å². The number of carbonyl (C=O) groups excluding carboxylic acids is 1. The Morgan fingerprint density at radius 3 is 2.50 bits per heavy atom. The minimum absolute atomic E-state index is 0.117. The van der Waals surface area contributed by atoms with Crippen molar-refractivity contribution in [3.63, 3.8) is 0 Å². The number of methoxy groups -OCH3 is 1. The molecular weight excluding hydrogens is 306 g/mol. The lowest BCUT2D eigenvalue weighted by atomic mass is 9.98. The number of hydrogen-bond acceptors (Lipinski definition) is 3. The molecule has 5 nitrogen and oxygen atoms in total. The average molecular weight is 325 g/mol. The molecule has 2 aromatic rings. The van der Waals surface area contributed by atoms with Crippen molar-refractivity contribution in [2.45, 2.75) is 12.3 Å². The Morgan fingerprint density at radius 1 is 1.12 bits per heavy atom. The topological polar surface area (TPSA) is 66.8 Å². The van der Waals surface area contributed by atoms with Gasteiger partial charge in [-0.15, -0.1) is 0 Å². The van der Waals surface area contributed by atoms with Crippen LogP contribution in [0.1, 0.15) is 38.6 Å². The highest BCUT2D eigenvalue weighted by Gasteiger charge is 2.28. The highest BCUT2D eigenvalue weighted by molar-refractivity contribution is 5.97. The number of hydrogen-bond donors (Lipinski definition) is 1. The molecule has 124 valence electrons. The molecule has 1 atom stereocenters. The standard InChI is InChI=1S/C19H19NO4/c1-24-17-7-5-13(6-8-17)16-9-10-20(12-16)18(21)14-3-2-4-15(11-14)19(22)23/h2-8,11,16H,9-10,12H2,1H3,(H,22,23). The molecule has 1 N–H and O–H groups in total. The van der Waals surface area contributed by atoms with Gasteiger partial charge in [0.15, 0.2) is 0 Å². The highest BCUT2D eigenvalue weighted by atomic mass is 16.5. The zero-order valence-electron chi connectivity index (χ0n) is 13.4. The van der Waals surface area contributed by atoms with Crippen molar-refractivity contribution in [2.24, 2.45) is 0 Å².